The topological polar surface area (TPSA) is 65.4 Å². The van der Waals surface area contributed by atoms with E-state index in [9.17, 15) is 4.79 Å². The Balaban J connectivity index is 2.57. The first kappa shape index (κ1) is 16.0. The SMILES string of the molecule is C=CCN(CC=C)C(=O)/C(C#N)=C\NCC1CCCO1. The molecule has 0 aliphatic carbocycles. The lowest BCUT2D eigenvalue weighted by atomic mass is 10.2. The van der Waals surface area contributed by atoms with Gasteiger partial charge < -0.3 is 15.0 Å². The molecule has 0 bridgehead atoms. The largest absolute Gasteiger partial charge is 0.387 e. The van der Waals surface area contributed by atoms with Crippen LogP contribution in [0.15, 0.2) is 37.1 Å². The lowest BCUT2D eigenvalue weighted by Crippen LogP contribution is -2.33. The molecule has 1 aliphatic heterocycles. The summed E-state index contributed by atoms with van der Waals surface area (Å²) < 4.78 is 5.46. The number of ether oxygens (including phenoxy) is 1. The van der Waals surface area contributed by atoms with E-state index in [4.69, 9.17) is 10.00 Å². The summed E-state index contributed by atoms with van der Waals surface area (Å²) in [5, 5.41) is 12.1. The number of carbonyl (C=O) groups is 1. The second-order valence-corrected chi connectivity index (χ2v) is 4.50. The number of amides is 1. The highest BCUT2D eigenvalue weighted by Crippen LogP contribution is 2.10. The predicted molar refractivity (Wildman–Crippen MR) is 77.6 cm³/mol. The standard InChI is InChI=1S/C15H21N3O2/c1-3-7-18(8-4-2)15(19)13(10-16)11-17-12-14-6-5-9-20-14/h3-4,11,14,17H,1-2,5-9,12H2/b13-11-. The van der Waals surface area contributed by atoms with E-state index in [1.54, 1.807) is 12.2 Å². The van der Waals surface area contributed by atoms with Crippen molar-refractivity contribution in [3.8, 4) is 6.07 Å². The van der Waals surface area contributed by atoms with Gasteiger partial charge in [0, 0.05) is 32.4 Å². The highest BCUT2D eigenvalue weighted by molar-refractivity contribution is 5.97. The number of nitrogens with one attached hydrogen (secondary N) is 1. The molecule has 1 rings (SSSR count). The third-order valence-electron chi connectivity index (χ3n) is 2.95. The van der Waals surface area contributed by atoms with Gasteiger partial charge in [-0.25, -0.2) is 0 Å². The fourth-order valence-corrected chi connectivity index (χ4v) is 1.96. The number of nitrogens with zero attached hydrogens (tertiary/aromatic N) is 2. The van der Waals surface area contributed by atoms with Gasteiger partial charge in [-0.3, -0.25) is 4.79 Å². The Bertz CT molecular complexity index is 407. The lowest BCUT2D eigenvalue weighted by Gasteiger charge is -2.18. The van der Waals surface area contributed by atoms with Gasteiger partial charge in [0.15, 0.2) is 0 Å². The maximum Gasteiger partial charge on any atom is 0.266 e. The minimum absolute atomic E-state index is 0.0756. The molecule has 1 N–H and O–H groups in total. The van der Waals surface area contributed by atoms with Crippen molar-refractivity contribution >= 4 is 5.91 Å². The van der Waals surface area contributed by atoms with E-state index in [0.717, 1.165) is 19.4 Å². The molecule has 0 saturated carbocycles. The van der Waals surface area contributed by atoms with E-state index in [2.05, 4.69) is 18.5 Å². The fraction of sp³-hybridized carbons (Fsp3) is 0.467. The molecule has 1 aliphatic rings. The van der Waals surface area contributed by atoms with E-state index >= 15 is 0 Å². The zero-order valence-corrected chi connectivity index (χ0v) is 11.7. The quantitative estimate of drug-likeness (QED) is 0.413. The Kier molecular flexibility index (Phi) is 7.15. The second kappa shape index (κ2) is 8.94. The van der Waals surface area contributed by atoms with Crippen LogP contribution in [-0.4, -0.2) is 43.2 Å². The first-order chi connectivity index (χ1) is 9.72. The van der Waals surface area contributed by atoms with E-state index in [0.29, 0.717) is 19.6 Å². The normalized spacial score (nSPS) is 18.1. The van der Waals surface area contributed by atoms with Crippen LogP contribution in [0.25, 0.3) is 0 Å². The van der Waals surface area contributed by atoms with Crippen molar-refractivity contribution in [2.45, 2.75) is 18.9 Å². The van der Waals surface area contributed by atoms with Gasteiger partial charge in [-0.05, 0) is 12.8 Å². The zero-order chi connectivity index (χ0) is 14.8. The maximum atomic E-state index is 12.1. The Morgan fingerprint density at radius 3 is 2.65 bits per heavy atom. The van der Waals surface area contributed by atoms with Crippen molar-refractivity contribution in [1.82, 2.24) is 10.2 Å². The van der Waals surface area contributed by atoms with E-state index in [1.165, 1.54) is 11.1 Å². The Hall–Kier alpha value is -2.06. The maximum absolute atomic E-state index is 12.1. The summed E-state index contributed by atoms with van der Waals surface area (Å²) in [4.78, 5) is 13.7. The van der Waals surface area contributed by atoms with Crippen molar-refractivity contribution in [3.05, 3.63) is 37.1 Å². The van der Waals surface area contributed by atoms with Crippen LogP contribution < -0.4 is 5.32 Å². The van der Waals surface area contributed by atoms with Crippen molar-refractivity contribution in [2.24, 2.45) is 0 Å². The van der Waals surface area contributed by atoms with Crippen LogP contribution >= 0.6 is 0 Å². The third kappa shape index (κ3) is 4.90. The van der Waals surface area contributed by atoms with Gasteiger partial charge in [-0.1, -0.05) is 12.2 Å². The van der Waals surface area contributed by atoms with Crippen molar-refractivity contribution in [2.75, 3.05) is 26.2 Å². The molecule has 5 nitrogen and oxygen atoms in total. The van der Waals surface area contributed by atoms with Crippen LogP contribution in [0.5, 0.6) is 0 Å². The van der Waals surface area contributed by atoms with Crippen LogP contribution in [0.2, 0.25) is 0 Å². The molecule has 0 radical (unpaired) electrons. The Morgan fingerprint density at radius 2 is 2.15 bits per heavy atom. The highest BCUT2D eigenvalue weighted by atomic mass is 16.5. The number of rotatable bonds is 8. The summed E-state index contributed by atoms with van der Waals surface area (Å²) in [5.74, 6) is -0.327. The van der Waals surface area contributed by atoms with Crippen molar-refractivity contribution in [1.29, 1.82) is 5.26 Å². The molecule has 1 atom stereocenters. The molecule has 1 unspecified atom stereocenters. The Labute approximate surface area is 120 Å². The minimum Gasteiger partial charge on any atom is -0.387 e. The molecule has 0 aromatic rings. The predicted octanol–water partition coefficient (Wildman–Crippen LogP) is 1.36. The summed E-state index contributed by atoms with van der Waals surface area (Å²) in [6.07, 6.45) is 6.94. The van der Waals surface area contributed by atoms with Crippen LogP contribution in [0.1, 0.15) is 12.8 Å². The van der Waals surface area contributed by atoms with Crippen LogP contribution in [0.3, 0.4) is 0 Å². The number of hydrogen-bond acceptors (Lipinski definition) is 4. The molecule has 5 heteroatoms. The first-order valence-electron chi connectivity index (χ1n) is 6.69. The summed E-state index contributed by atoms with van der Waals surface area (Å²) in [5.41, 5.74) is 0.0756. The van der Waals surface area contributed by atoms with Crippen LogP contribution in [-0.2, 0) is 9.53 Å². The average molecular weight is 275 g/mol. The van der Waals surface area contributed by atoms with Gasteiger partial charge in [0.2, 0.25) is 0 Å². The first-order valence-corrected chi connectivity index (χ1v) is 6.69. The molecular weight excluding hydrogens is 254 g/mol. The smallest absolute Gasteiger partial charge is 0.266 e. The molecule has 0 spiro atoms. The van der Waals surface area contributed by atoms with Crippen molar-refractivity contribution in [3.63, 3.8) is 0 Å². The van der Waals surface area contributed by atoms with Gasteiger partial charge in [0.25, 0.3) is 5.91 Å². The highest BCUT2D eigenvalue weighted by Gasteiger charge is 2.17. The molecule has 1 heterocycles. The van der Waals surface area contributed by atoms with E-state index in [1.807, 2.05) is 6.07 Å². The molecule has 1 saturated heterocycles. The minimum atomic E-state index is -0.327. The second-order valence-electron chi connectivity index (χ2n) is 4.50. The van der Waals surface area contributed by atoms with Gasteiger partial charge in [-0.2, -0.15) is 5.26 Å². The molecule has 1 fully saturated rings. The van der Waals surface area contributed by atoms with Gasteiger partial charge in [-0.15, -0.1) is 13.2 Å². The summed E-state index contributed by atoms with van der Waals surface area (Å²) >= 11 is 0. The number of hydrogen-bond donors (Lipinski definition) is 1. The fourth-order valence-electron chi connectivity index (χ4n) is 1.96. The molecule has 108 valence electrons. The average Bonchev–Trinajstić information content (AvgIpc) is 2.96. The number of carbonyl (C=O) groups excluding carboxylic acids is 1. The van der Waals surface area contributed by atoms with Crippen LogP contribution in [0, 0.1) is 11.3 Å². The monoisotopic (exact) mass is 275 g/mol. The van der Waals surface area contributed by atoms with Gasteiger partial charge in [0.05, 0.1) is 6.10 Å². The summed E-state index contributed by atoms with van der Waals surface area (Å²) in [6.45, 7) is 9.37. The lowest BCUT2D eigenvalue weighted by molar-refractivity contribution is -0.125. The zero-order valence-electron chi connectivity index (χ0n) is 11.7. The summed E-state index contributed by atoms with van der Waals surface area (Å²) in [6, 6.07) is 1.92. The van der Waals surface area contributed by atoms with E-state index in [-0.39, 0.29) is 17.6 Å². The molecule has 20 heavy (non-hydrogen) atoms. The van der Waals surface area contributed by atoms with Crippen LogP contribution in [0.4, 0.5) is 0 Å². The number of nitriles is 1. The molecular formula is C15H21N3O2. The summed E-state index contributed by atoms with van der Waals surface area (Å²) in [7, 11) is 0. The van der Waals surface area contributed by atoms with Gasteiger partial charge in [0.1, 0.15) is 11.6 Å². The van der Waals surface area contributed by atoms with Crippen molar-refractivity contribution < 1.29 is 9.53 Å². The Morgan fingerprint density at radius 1 is 1.45 bits per heavy atom. The van der Waals surface area contributed by atoms with E-state index < -0.39 is 0 Å². The molecule has 1 amide bonds. The molecule has 0 aromatic carbocycles. The third-order valence-corrected chi connectivity index (χ3v) is 2.95. The van der Waals surface area contributed by atoms with Gasteiger partial charge >= 0.3 is 0 Å². The molecule has 0 aromatic heterocycles.